The van der Waals surface area contributed by atoms with E-state index in [4.69, 9.17) is 11.6 Å². The summed E-state index contributed by atoms with van der Waals surface area (Å²) in [4.78, 5) is 13.5. The normalized spacial score (nSPS) is 11.7. The van der Waals surface area contributed by atoms with Crippen LogP contribution >= 0.6 is 11.6 Å². The molecule has 0 atom stereocenters. The van der Waals surface area contributed by atoms with Crippen LogP contribution in [0.15, 0.2) is 6.07 Å². The summed E-state index contributed by atoms with van der Waals surface area (Å²) in [7, 11) is 0. The first-order valence-corrected chi connectivity index (χ1v) is 4.90. The van der Waals surface area contributed by atoms with Crippen molar-refractivity contribution in [2.75, 3.05) is 0 Å². The van der Waals surface area contributed by atoms with Gasteiger partial charge in [-0.1, -0.05) is 0 Å². The van der Waals surface area contributed by atoms with Gasteiger partial charge in [-0.2, -0.15) is 0 Å². The van der Waals surface area contributed by atoms with E-state index in [1.807, 2.05) is 0 Å². The Kier molecular flexibility index (Phi) is 4.44. The van der Waals surface area contributed by atoms with Crippen molar-refractivity contribution in [2.45, 2.75) is 18.7 Å². The Morgan fingerprint density at radius 3 is 2.44 bits per heavy atom. The van der Waals surface area contributed by atoms with Crippen LogP contribution in [-0.4, -0.2) is 17.6 Å². The lowest BCUT2D eigenvalue weighted by molar-refractivity contribution is -0.276. The van der Waals surface area contributed by atoms with E-state index in [0.717, 1.165) is 6.07 Å². The van der Waals surface area contributed by atoms with Gasteiger partial charge in [-0.3, -0.25) is 4.79 Å². The van der Waals surface area contributed by atoms with Crippen LogP contribution in [0, 0.1) is 0 Å². The molecule has 1 aromatic rings. The van der Waals surface area contributed by atoms with E-state index in [0.29, 0.717) is 0 Å². The highest BCUT2D eigenvalue weighted by atomic mass is 35.5. The summed E-state index contributed by atoms with van der Waals surface area (Å²) in [6.45, 7) is 0. The summed E-state index contributed by atoms with van der Waals surface area (Å²) in [5.74, 6) is -1.55. The van der Waals surface area contributed by atoms with E-state index < -0.39 is 35.8 Å². The third-order valence-electron chi connectivity index (χ3n) is 1.81. The third-order valence-corrected chi connectivity index (χ3v) is 2.10. The molecule has 0 amide bonds. The monoisotopic (exact) mass is 289 g/mol. The van der Waals surface area contributed by atoms with Crippen LogP contribution in [0.4, 0.5) is 22.0 Å². The lowest BCUT2D eigenvalue weighted by atomic mass is 10.1. The standard InChI is InChI=1S/C9H5ClF5NO2/c10-2-4-1-5(3-17)6(7(11)12)16-8(4)18-9(13,14)15/h1,3,7H,2H2. The topological polar surface area (TPSA) is 39.2 Å². The molecule has 0 aliphatic heterocycles. The van der Waals surface area contributed by atoms with Gasteiger partial charge < -0.3 is 4.74 Å². The quantitative estimate of drug-likeness (QED) is 0.484. The van der Waals surface area contributed by atoms with Crippen molar-refractivity contribution in [3.8, 4) is 5.88 Å². The number of alkyl halides is 6. The number of nitrogens with zero attached hydrogens (tertiary/aromatic N) is 1. The highest BCUT2D eigenvalue weighted by molar-refractivity contribution is 6.17. The van der Waals surface area contributed by atoms with Gasteiger partial charge in [0.15, 0.2) is 6.29 Å². The molecular weight excluding hydrogens is 285 g/mol. The molecule has 1 aromatic heterocycles. The smallest absolute Gasteiger partial charge is 0.388 e. The number of halogens is 6. The molecule has 0 saturated heterocycles. The maximum Gasteiger partial charge on any atom is 0.574 e. The molecule has 0 unspecified atom stereocenters. The summed E-state index contributed by atoms with van der Waals surface area (Å²) >= 11 is 5.33. The Morgan fingerprint density at radius 2 is 2.06 bits per heavy atom. The van der Waals surface area contributed by atoms with Crippen LogP contribution in [0.1, 0.15) is 28.0 Å². The lowest BCUT2D eigenvalue weighted by Crippen LogP contribution is -2.19. The average molecular weight is 290 g/mol. The van der Waals surface area contributed by atoms with Crippen LogP contribution in [0.5, 0.6) is 5.88 Å². The highest BCUT2D eigenvalue weighted by Crippen LogP contribution is 2.30. The molecule has 0 saturated carbocycles. The maximum absolute atomic E-state index is 12.5. The van der Waals surface area contributed by atoms with Crippen molar-refractivity contribution in [3.63, 3.8) is 0 Å². The minimum atomic E-state index is -5.09. The minimum Gasteiger partial charge on any atom is -0.388 e. The first-order chi connectivity index (χ1) is 8.28. The number of aromatic nitrogens is 1. The van der Waals surface area contributed by atoms with Crippen LogP contribution < -0.4 is 4.74 Å². The Morgan fingerprint density at radius 1 is 1.44 bits per heavy atom. The predicted octanol–water partition coefficient (Wildman–Crippen LogP) is 3.47. The van der Waals surface area contributed by atoms with E-state index in [1.54, 1.807) is 0 Å². The van der Waals surface area contributed by atoms with Gasteiger partial charge in [0.25, 0.3) is 6.43 Å². The largest absolute Gasteiger partial charge is 0.574 e. The number of ether oxygens (including phenoxy) is 1. The Balaban J connectivity index is 3.32. The Labute approximate surface area is 103 Å². The number of pyridine rings is 1. The van der Waals surface area contributed by atoms with E-state index in [-0.39, 0.29) is 11.8 Å². The molecule has 3 nitrogen and oxygen atoms in total. The summed E-state index contributed by atoms with van der Waals surface area (Å²) in [6.07, 6.45) is -8.23. The van der Waals surface area contributed by atoms with Crippen molar-refractivity contribution >= 4 is 17.9 Å². The Hall–Kier alpha value is -1.44. The Bertz CT molecular complexity index is 449. The first kappa shape index (κ1) is 14.6. The summed E-state index contributed by atoms with van der Waals surface area (Å²) in [6, 6.07) is 0.787. The molecular formula is C9H5ClF5NO2. The highest BCUT2D eigenvalue weighted by Gasteiger charge is 2.33. The van der Waals surface area contributed by atoms with E-state index >= 15 is 0 Å². The summed E-state index contributed by atoms with van der Waals surface area (Å²) in [5, 5.41) is 0. The van der Waals surface area contributed by atoms with Gasteiger partial charge in [0.05, 0.1) is 5.88 Å². The predicted molar refractivity (Wildman–Crippen MR) is 50.8 cm³/mol. The lowest BCUT2D eigenvalue weighted by Gasteiger charge is -2.13. The van der Waals surface area contributed by atoms with Crippen LogP contribution in [-0.2, 0) is 5.88 Å². The molecule has 0 fully saturated rings. The maximum atomic E-state index is 12.5. The summed E-state index contributed by atoms with van der Waals surface area (Å²) in [5.41, 5.74) is -1.92. The number of carbonyl (C=O) groups is 1. The number of hydrogen-bond donors (Lipinski definition) is 0. The van der Waals surface area contributed by atoms with Gasteiger partial charge in [0.2, 0.25) is 5.88 Å². The second kappa shape index (κ2) is 5.47. The van der Waals surface area contributed by atoms with Crippen molar-refractivity contribution in [1.82, 2.24) is 4.98 Å². The average Bonchev–Trinajstić information content (AvgIpc) is 2.26. The molecule has 0 spiro atoms. The van der Waals surface area contributed by atoms with Crippen LogP contribution in [0.3, 0.4) is 0 Å². The van der Waals surface area contributed by atoms with Crippen LogP contribution in [0.25, 0.3) is 0 Å². The van der Waals surface area contributed by atoms with Crippen molar-refractivity contribution in [1.29, 1.82) is 0 Å². The zero-order valence-corrected chi connectivity index (χ0v) is 9.23. The molecule has 0 aliphatic rings. The van der Waals surface area contributed by atoms with E-state index in [9.17, 15) is 26.7 Å². The fourth-order valence-electron chi connectivity index (χ4n) is 1.13. The van der Waals surface area contributed by atoms with Gasteiger partial charge in [-0.25, -0.2) is 13.8 Å². The fourth-order valence-corrected chi connectivity index (χ4v) is 1.32. The zero-order chi connectivity index (χ0) is 13.9. The van der Waals surface area contributed by atoms with E-state index in [1.165, 1.54) is 0 Å². The molecule has 1 heterocycles. The minimum absolute atomic E-state index is 0.0575. The second-order valence-electron chi connectivity index (χ2n) is 3.03. The summed E-state index contributed by atoms with van der Waals surface area (Å²) < 4.78 is 64.4. The second-order valence-corrected chi connectivity index (χ2v) is 3.29. The van der Waals surface area contributed by atoms with Gasteiger partial charge in [-0.15, -0.1) is 24.8 Å². The van der Waals surface area contributed by atoms with Crippen molar-refractivity contribution in [2.24, 2.45) is 0 Å². The van der Waals surface area contributed by atoms with Gasteiger partial charge in [0, 0.05) is 11.1 Å². The molecule has 0 N–H and O–H groups in total. The SMILES string of the molecule is O=Cc1cc(CCl)c(OC(F)(F)F)nc1C(F)F. The van der Waals surface area contributed by atoms with Crippen molar-refractivity contribution in [3.05, 3.63) is 22.9 Å². The molecule has 0 radical (unpaired) electrons. The number of aldehydes is 1. The van der Waals surface area contributed by atoms with Gasteiger partial charge >= 0.3 is 6.36 Å². The molecule has 0 aliphatic carbocycles. The van der Waals surface area contributed by atoms with Crippen LogP contribution in [0.2, 0.25) is 0 Å². The van der Waals surface area contributed by atoms with Gasteiger partial charge in [-0.05, 0) is 6.07 Å². The number of hydrogen-bond acceptors (Lipinski definition) is 3. The third kappa shape index (κ3) is 3.52. The molecule has 18 heavy (non-hydrogen) atoms. The molecule has 0 aromatic carbocycles. The fraction of sp³-hybridized carbons (Fsp3) is 0.333. The molecule has 0 bridgehead atoms. The molecule has 1 rings (SSSR count). The van der Waals surface area contributed by atoms with Gasteiger partial charge in [0.1, 0.15) is 5.69 Å². The zero-order valence-electron chi connectivity index (χ0n) is 8.47. The molecule has 100 valence electrons. The first-order valence-electron chi connectivity index (χ1n) is 4.37. The number of carbonyl (C=O) groups excluding carboxylic acids is 1. The number of rotatable bonds is 4. The molecule has 9 heteroatoms. The van der Waals surface area contributed by atoms with Crippen molar-refractivity contribution < 1.29 is 31.5 Å². The van der Waals surface area contributed by atoms with E-state index in [2.05, 4.69) is 9.72 Å².